The molecule has 1 unspecified atom stereocenters. The van der Waals surface area contributed by atoms with Crippen molar-refractivity contribution in [3.8, 4) is 0 Å². The molecule has 0 bridgehead atoms. The molecule has 0 amide bonds. The summed E-state index contributed by atoms with van der Waals surface area (Å²) in [6.07, 6.45) is 12.6. The number of hydrogen-bond donors (Lipinski definition) is 0. The molecule has 2 rings (SSSR count). The molecule has 2 heteroatoms. The Labute approximate surface area is 110 Å². The smallest absolute Gasteiger partial charge is 0.0681 e. The van der Waals surface area contributed by atoms with Crippen molar-refractivity contribution in [2.75, 3.05) is 0 Å². The molecule has 0 fully saturated rings. The number of hydrogen-bond acceptors (Lipinski definition) is 1. The molecule has 0 saturated carbocycles. The van der Waals surface area contributed by atoms with Crippen LogP contribution in [0.25, 0.3) is 5.57 Å². The van der Waals surface area contributed by atoms with E-state index in [1.54, 1.807) is 6.08 Å². The highest BCUT2D eigenvalue weighted by molar-refractivity contribution is 5.74. The summed E-state index contributed by atoms with van der Waals surface area (Å²) in [6.45, 7) is 9.45. The van der Waals surface area contributed by atoms with Gasteiger partial charge in [-0.15, -0.1) is 6.58 Å². The van der Waals surface area contributed by atoms with Crippen molar-refractivity contribution in [2.24, 2.45) is 13.0 Å². The number of rotatable bonds is 1. The number of nitrogens with zero attached hydrogens (tertiary/aromatic N) is 2. The Hall–Kier alpha value is -1.83. The van der Waals surface area contributed by atoms with Gasteiger partial charge in [-0.3, -0.25) is 4.68 Å². The minimum atomic E-state index is 0.507. The highest BCUT2D eigenvalue weighted by Crippen LogP contribution is 2.20. The predicted octanol–water partition coefficient (Wildman–Crippen LogP) is 4.07. The van der Waals surface area contributed by atoms with E-state index >= 15 is 0 Å². The summed E-state index contributed by atoms with van der Waals surface area (Å²) in [5.41, 5.74) is 3.45. The molecule has 0 saturated heterocycles. The summed E-state index contributed by atoms with van der Waals surface area (Å²) >= 11 is 0. The van der Waals surface area contributed by atoms with Crippen LogP contribution in [0.1, 0.15) is 25.2 Å². The Morgan fingerprint density at radius 1 is 1.39 bits per heavy atom. The van der Waals surface area contributed by atoms with Gasteiger partial charge in [0.25, 0.3) is 0 Å². The van der Waals surface area contributed by atoms with E-state index in [1.165, 1.54) is 11.3 Å². The number of aryl methyl sites for hydroxylation is 2. The zero-order valence-electron chi connectivity index (χ0n) is 11.7. The van der Waals surface area contributed by atoms with Crippen LogP contribution in [0.5, 0.6) is 0 Å². The first kappa shape index (κ1) is 14.2. The molecule has 1 aliphatic carbocycles. The van der Waals surface area contributed by atoms with E-state index < -0.39 is 0 Å². The highest BCUT2D eigenvalue weighted by atomic mass is 15.3. The maximum absolute atomic E-state index is 4.35. The Morgan fingerprint density at radius 3 is 2.61 bits per heavy atom. The summed E-state index contributed by atoms with van der Waals surface area (Å²) in [7, 11) is 1.98. The third kappa shape index (κ3) is 3.88. The monoisotopic (exact) mass is 242 g/mol. The summed E-state index contributed by atoms with van der Waals surface area (Å²) in [4.78, 5) is 0. The summed E-state index contributed by atoms with van der Waals surface area (Å²) in [6, 6.07) is 2.11. The van der Waals surface area contributed by atoms with Gasteiger partial charge in [0.1, 0.15) is 0 Å². The first-order chi connectivity index (χ1) is 8.58. The lowest BCUT2D eigenvalue weighted by atomic mass is 10.1. The second-order valence-corrected chi connectivity index (χ2v) is 4.43. The van der Waals surface area contributed by atoms with Gasteiger partial charge >= 0.3 is 0 Å². The van der Waals surface area contributed by atoms with Gasteiger partial charge in [0.15, 0.2) is 0 Å². The van der Waals surface area contributed by atoms with E-state index in [1.807, 2.05) is 25.6 Å². The fraction of sp³-hybridized carbons (Fsp3) is 0.312. The molecule has 0 N–H and O–H groups in total. The topological polar surface area (TPSA) is 17.8 Å². The van der Waals surface area contributed by atoms with Crippen molar-refractivity contribution in [1.29, 1.82) is 0 Å². The van der Waals surface area contributed by atoms with Crippen LogP contribution in [0.2, 0.25) is 0 Å². The van der Waals surface area contributed by atoms with E-state index in [2.05, 4.69) is 55.0 Å². The van der Waals surface area contributed by atoms with E-state index in [4.69, 9.17) is 0 Å². The summed E-state index contributed by atoms with van der Waals surface area (Å²) < 4.78 is 1.93. The van der Waals surface area contributed by atoms with Crippen molar-refractivity contribution in [1.82, 2.24) is 9.78 Å². The van der Waals surface area contributed by atoms with E-state index in [0.717, 1.165) is 5.69 Å². The molecule has 96 valence electrons. The van der Waals surface area contributed by atoms with Gasteiger partial charge in [-0.25, -0.2) is 0 Å². The summed E-state index contributed by atoms with van der Waals surface area (Å²) in [5, 5.41) is 4.35. The molecule has 2 nitrogen and oxygen atoms in total. The van der Waals surface area contributed by atoms with Gasteiger partial charge in [0.05, 0.1) is 11.4 Å². The molecule has 0 aromatic carbocycles. The van der Waals surface area contributed by atoms with Crippen LogP contribution >= 0.6 is 0 Å². The average Bonchev–Trinajstić information content (AvgIpc) is 2.50. The quantitative estimate of drug-likeness (QED) is 0.679. The second kappa shape index (κ2) is 6.80. The molecule has 1 atom stereocenters. The van der Waals surface area contributed by atoms with Crippen LogP contribution in [0.15, 0.2) is 49.1 Å². The summed E-state index contributed by atoms with van der Waals surface area (Å²) in [5.74, 6) is 0.507. The Bertz CT molecular complexity index is 487. The lowest BCUT2D eigenvalue weighted by Crippen LogP contribution is -1.96. The average molecular weight is 242 g/mol. The first-order valence-corrected chi connectivity index (χ1v) is 6.23. The number of allylic oxidation sites excluding steroid dienone is 7. The largest absolute Gasteiger partial charge is 0.268 e. The van der Waals surface area contributed by atoms with Gasteiger partial charge in [-0.05, 0) is 31.4 Å². The molecular formula is C16H22N2. The standard InChI is InChI=1S/C13H16N2.C3H6/c1-10-5-4-6-12(8-7-10)13-9-11(2)14-15(13)3;1-3-2/h4-10H,1-3H3;3H,1H2,2H3. The van der Waals surface area contributed by atoms with Crippen molar-refractivity contribution in [3.05, 3.63) is 60.5 Å². The lowest BCUT2D eigenvalue weighted by Gasteiger charge is -2.01. The van der Waals surface area contributed by atoms with Gasteiger partial charge < -0.3 is 0 Å². The SMILES string of the molecule is C=CC.Cc1cc(C2=CC=CC(C)C=C2)n(C)n1. The molecule has 1 aliphatic rings. The van der Waals surface area contributed by atoms with E-state index in [-0.39, 0.29) is 0 Å². The molecule has 1 heterocycles. The van der Waals surface area contributed by atoms with E-state index in [9.17, 15) is 0 Å². The molecule has 1 aromatic rings. The molecule has 1 aromatic heterocycles. The van der Waals surface area contributed by atoms with Crippen molar-refractivity contribution in [2.45, 2.75) is 20.8 Å². The van der Waals surface area contributed by atoms with Crippen LogP contribution in [0, 0.1) is 12.8 Å². The minimum Gasteiger partial charge on any atom is -0.268 e. The lowest BCUT2D eigenvalue weighted by molar-refractivity contribution is 0.747. The van der Waals surface area contributed by atoms with Gasteiger partial charge in [0, 0.05) is 7.05 Å². The van der Waals surface area contributed by atoms with Crippen LogP contribution in [-0.4, -0.2) is 9.78 Å². The van der Waals surface area contributed by atoms with Crippen LogP contribution in [0.3, 0.4) is 0 Å². The first-order valence-electron chi connectivity index (χ1n) is 6.23. The maximum atomic E-state index is 4.35. The van der Waals surface area contributed by atoms with Crippen LogP contribution < -0.4 is 0 Å². The van der Waals surface area contributed by atoms with Gasteiger partial charge in [-0.1, -0.05) is 43.4 Å². The molecule has 18 heavy (non-hydrogen) atoms. The Kier molecular flexibility index (Phi) is 5.37. The third-order valence-corrected chi connectivity index (χ3v) is 2.57. The molecule has 0 spiro atoms. The zero-order valence-corrected chi connectivity index (χ0v) is 11.7. The van der Waals surface area contributed by atoms with Gasteiger partial charge in [0.2, 0.25) is 0 Å². The number of aromatic nitrogens is 2. The Balaban J connectivity index is 0.000000492. The van der Waals surface area contributed by atoms with Crippen LogP contribution in [0.4, 0.5) is 0 Å². The fourth-order valence-electron chi connectivity index (χ4n) is 1.76. The highest BCUT2D eigenvalue weighted by Gasteiger charge is 2.06. The second-order valence-electron chi connectivity index (χ2n) is 4.43. The van der Waals surface area contributed by atoms with Crippen LogP contribution in [-0.2, 0) is 7.05 Å². The Morgan fingerprint density at radius 2 is 2.06 bits per heavy atom. The maximum Gasteiger partial charge on any atom is 0.0681 e. The zero-order chi connectivity index (χ0) is 13.5. The van der Waals surface area contributed by atoms with Crippen molar-refractivity contribution >= 4 is 5.57 Å². The van der Waals surface area contributed by atoms with Crippen molar-refractivity contribution < 1.29 is 0 Å². The fourth-order valence-corrected chi connectivity index (χ4v) is 1.76. The van der Waals surface area contributed by atoms with Gasteiger partial charge in [-0.2, -0.15) is 5.10 Å². The third-order valence-electron chi connectivity index (χ3n) is 2.57. The van der Waals surface area contributed by atoms with E-state index in [0.29, 0.717) is 5.92 Å². The molecule has 0 radical (unpaired) electrons. The minimum absolute atomic E-state index is 0.507. The normalized spacial score (nSPS) is 17.6. The van der Waals surface area contributed by atoms with Crippen molar-refractivity contribution in [3.63, 3.8) is 0 Å². The molecular weight excluding hydrogens is 220 g/mol. The predicted molar refractivity (Wildman–Crippen MR) is 79.2 cm³/mol. The molecule has 0 aliphatic heterocycles.